The molecule has 0 saturated carbocycles. The van der Waals surface area contributed by atoms with Crippen molar-refractivity contribution in [2.45, 2.75) is 13.8 Å². The van der Waals surface area contributed by atoms with E-state index in [1.54, 1.807) is 12.1 Å². The number of hydrogen-bond acceptors (Lipinski definition) is 6. The van der Waals surface area contributed by atoms with Crippen LogP contribution in [-0.4, -0.2) is 23.7 Å². The Morgan fingerprint density at radius 2 is 2.04 bits per heavy atom. The van der Waals surface area contributed by atoms with Crippen LogP contribution in [0.3, 0.4) is 0 Å². The predicted octanol–water partition coefficient (Wildman–Crippen LogP) is 2.47. The molecule has 0 aliphatic rings. The van der Waals surface area contributed by atoms with Gasteiger partial charge in [-0.1, -0.05) is 17.7 Å². The number of halogens is 1. The van der Waals surface area contributed by atoms with Gasteiger partial charge in [0.25, 0.3) is 11.6 Å². The van der Waals surface area contributed by atoms with Crippen LogP contribution >= 0.6 is 11.6 Å². The fraction of sp³-hybridized carbons (Fsp3) is 0.176. The van der Waals surface area contributed by atoms with Crippen LogP contribution in [0, 0.1) is 24.0 Å². The molecule has 0 bridgehead atoms. The Bertz CT molecular complexity index is 883. The van der Waals surface area contributed by atoms with E-state index >= 15 is 0 Å². The first-order chi connectivity index (χ1) is 12.3. The maximum absolute atomic E-state index is 11.9. The van der Waals surface area contributed by atoms with Crippen LogP contribution in [0.4, 0.5) is 5.69 Å². The Kier molecular flexibility index (Phi) is 6.13. The van der Waals surface area contributed by atoms with Crippen molar-refractivity contribution < 1.29 is 19.6 Å². The lowest BCUT2D eigenvalue weighted by molar-refractivity contribution is -0.398. The summed E-state index contributed by atoms with van der Waals surface area (Å²) in [6, 6.07) is 7.60. The molecule has 0 atom stereocenters. The van der Waals surface area contributed by atoms with Gasteiger partial charge in [0.15, 0.2) is 6.61 Å². The number of nitro benzene ring substituents is 1. The highest BCUT2D eigenvalue weighted by molar-refractivity contribution is 6.31. The second-order valence-corrected chi connectivity index (χ2v) is 5.86. The van der Waals surface area contributed by atoms with Gasteiger partial charge in [0.1, 0.15) is 5.75 Å². The molecular weight excluding hydrogens is 362 g/mol. The van der Waals surface area contributed by atoms with Crippen LogP contribution in [0.5, 0.6) is 11.5 Å². The number of nitrogens with zero attached hydrogens (tertiary/aromatic N) is 2. The Hall–Kier alpha value is -3.13. The Labute approximate surface area is 154 Å². The summed E-state index contributed by atoms with van der Waals surface area (Å²) in [6.45, 7) is 3.61. The largest absolute Gasteiger partial charge is 0.867 e. The SMILES string of the molecule is Cc1ccc(OCC(=O)N/N=C\c2cc(Cl)cc([N+](=O)[O-])c2[O-])cc1C. The number of carbonyl (C=O) groups excluding carboxylic acids is 1. The molecule has 0 heterocycles. The molecule has 2 aromatic carbocycles. The van der Waals surface area contributed by atoms with E-state index < -0.39 is 22.3 Å². The Balaban J connectivity index is 1.96. The minimum Gasteiger partial charge on any atom is -0.867 e. The van der Waals surface area contributed by atoms with E-state index in [4.69, 9.17) is 16.3 Å². The quantitative estimate of drug-likeness (QED) is 0.472. The first-order valence-electron chi connectivity index (χ1n) is 7.45. The Morgan fingerprint density at radius 3 is 2.69 bits per heavy atom. The van der Waals surface area contributed by atoms with Crippen molar-refractivity contribution in [2.24, 2.45) is 5.10 Å². The number of nitrogens with one attached hydrogen (secondary N) is 1. The zero-order valence-corrected chi connectivity index (χ0v) is 14.7. The average molecular weight is 377 g/mol. The van der Waals surface area contributed by atoms with Gasteiger partial charge in [-0.05, 0) is 54.5 Å². The van der Waals surface area contributed by atoms with Gasteiger partial charge in [0.05, 0.1) is 11.1 Å². The minimum absolute atomic E-state index is 0.0159. The molecule has 1 N–H and O–H groups in total. The lowest BCUT2D eigenvalue weighted by atomic mass is 10.1. The van der Waals surface area contributed by atoms with Gasteiger partial charge in [-0.25, -0.2) is 5.43 Å². The van der Waals surface area contributed by atoms with E-state index in [-0.39, 0.29) is 17.2 Å². The molecule has 8 nitrogen and oxygen atoms in total. The fourth-order valence-corrected chi connectivity index (χ4v) is 2.21. The van der Waals surface area contributed by atoms with E-state index in [9.17, 15) is 20.0 Å². The van der Waals surface area contributed by atoms with Crippen molar-refractivity contribution in [2.75, 3.05) is 6.61 Å². The van der Waals surface area contributed by atoms with Crippen molar-refractivity contribution in [1.29, 1.82) is 0 Å². The van der Waals surface area contributed by atoms with Crippen molar-refractivity contribution in [3.05, 3.63) is 62.2 Å². The van der Waals surface area contributed by atoms with E-state index in [1.807, 2.05) is 19.9 Å². The molecular formula is C17H15ClN3O5-. The van der Waals surface area contributed by atoms with Crippen molar-refractivity contribution in [1.82, 2.24) is 5.43 Å². The first-order valence-corrected chi connectivity index (χ1v) is 7.82. The molecule has 0 aromatic heterocycles. The van der Waals surface area contributed by atoms with Gasteiger partial charge in [-0.3, -0.25) is 14.9 Å². The number of amides is 1. The second kappa shape index (κ2) is 8.30. The summed E-state index contributed by atoms with van der Waals surface area (Å²) in [4.78, 5) is 21.7. The molecule has 0 spiro atoms. The summed E-state index contributed by atoms with van der Waals surface area (Å²) in [5.74, 6) is -0.855. The standard InChI is InChI=1S/C17H16ClN3O5/c1-10-3-4-14(5-11(10)2)26-9-16(22)20-19-8-12-6-13(18)7-15(17(12)23)21(24)25/h3-8,23H,9H2,1-2H3,(H,20,22)/p-1/b19-8-. The fourth-order valence-electron chi connectivity index (χ4n) is 1.99. The molecule has 2 rings (SSSR count). The summed E-state index contributed by atoms with van der Waals surface area (Å²) in [6.07, 6.45) is 0.995. The number of nitro groups is 1. The zero-order chi connectivity index (χ0) is 19.3. The topological polar surface area (TPSA) is 117 Å². The molecule has 0 radical (unpaired) electrons. The normalized spacial score (nSPS) is 10.7. The third-order valence-corrected chi connectivity index (χ3v) is 3.72. The van der Waals surface area contributed by atoms with Crippen molar-refractivity contribution >= 4 is 29.4 Å². The highest BCUT2D eigenvalue weighted by Gasteiger charge is 2.11. The minimum atomic E-state index is -0.844. The maximum Gasteiger partial charge on any atom is 0.277 e. The summed E-state index contributed by atoms with van der Waals surface area (Å²) in [7, 11) is 0. The van der Waals surface area contributed by atoms with Crippen molar-refractivity contribution in [3.63, 3.8) is 0 Å². The van der Waals surface area contributed by atoms with Gasteiger partial charge < -0.3 is 9.84 Å². The molecule has 0 aliphatic carbocycles. The molecule has 0 unspecified atom stereocenters. The van der Waals surface area contributed by atoms with Gasteiger partial charge in [-0.15, -0.1) is 0 Å². The molecule has 0 aliphatic heterocycles. The highest BCUT2D eigenvalue weighted by atomic mass is 35.5. The maximum atomic E-state index is 11.9. The lowest BCUT2D eigenvalue weighted by Gasteiger charge is -2.11. The summed E-state index contributed by atoms with van der Waals surface area (Å²) in [5.41, 5.74) is 3.54. The third kappa shape index (κ3) is 4.93. The van der Waals surface area contributed by atoms with E-state index in [2.05, 4.69) is 10.5 Å². The number of rotatable bonds is 6. The van der Waals surface area contributed by atoms with Crippen LogP contribution in [0.15, 0.2) is 35.4 Å². The number of aryl methyl sites for hydroxylation is 2. The van der Waals surface area contributed by atoms with Crippen LogP contribution < -0.4 is 15.3 Å². The average Bonchev–Trinajstić information content (AvgIpc) is 2.58. The molecule has 0 fully saturated rings. The highest BCUT2D eigenvalue weighted by Crippen LogP contribution is 2.29. The zero-order valence-electron chi connectivity index (χ0n) is 14.0. The second-order valence-electron chi connectivity index (χ2n) is 5.43. The van der Waals surface area contributed by atoms with Crippen LogP contribution in [0.25, 0.3) is 0 Å². The van der Waals surface area contributed by atoms with Crippen LogP contribution in [-0.2, 0) is 4.79 Å². The number of hydrazone groups is 1. The monoisotopic (exact) mass is 376 g/mol. The number of benzene rings is 2. The van der Waals surface area contributed by atoms with E-state index in [1.165, 1.54) is 6.07 Å². The molecule has 0 saturated heterocycles. The van der Waals surface area contributed by atoms with Crippen LogP contribution in [0.1, 0.15) is 16.7 Å². The molecule has 1 amide bonds. The number of ether oxygens (including phenoxy) is 1. The van der Waals surface area contributed by atoms with Gasteiger partial charge in [-0.2, -0.15) is 5.10 Å². The molecule has 26 heavy (non-hydrogen) atoms. The first kappa shape index (κ1) is 19.2. The third-order valence-electron chi connectivity index (χ3n) is 3.50. The number of carbonyl (C=O) groups is 1. The molecule has 136 valence electrons. The predicted molar refractivity (Wildman–Crippen MR) is 94.7 cm³/mol. The Morgan fingerprint density at radius 1 is 1.31 bits per heavy atom. The lowest BCUT2D eigenvalue weighted by Crippen LogP contribution is -2.24. The smallest absolute Gasteiger partial charge is 0.277 e. The van der Waals surface area contributed by atoms with Crippen molar-refractivity contribution in [3.8, 4) is 11.5 Å². The van der Waals surface area contributed by atoms with Gasteiger partial charge in [0.2, 0.25) is 0 Å². The molecule has 9 heteroatoms. The summed E-state index contributed by atoms with van der Waals surface area (Å²) in [5, 5.41) is 26.3. The van der Waals surface area contributed by atoms with Gasteiger partial charge in [0, 0.05) is 11.1 Å². The number of hydrogen-bond donors (Lipinski definition) is 1. The van der Waals surface area contributed by atoms with E-state index in [0.717, 1.165) is 23.4 Å². The summed E-state index contributed by atoms with van der Waals surface area (Å²) >= 11 is 5.74. The summed E-state index contributed by atoms with van der Waals surface area (Å²) < 4.78 is 5.34. The molecule has 2 aromatic rings. The van der Waals surface area contributed by atoms with E-state index in [0.29, 0.717) is 5.75 Å². The van der Waals surface area contributed by atoms with Gasteiger partial charge >= 0.3 is 0 Å². The van der Waals surface area contributed by atoms with Crippen LogP contribution in [0.2, 0.25) is 5.02 Å².